The third-order valence-corrected chi connectivity index (χ3v) is 10.8. The van der Waals surface area contributed by atoms with Crippen LogP contribution < -0.4 is 10.6 Å². The van der Waals surface area contributed by atoms with Gasteiger partial charge in [0.25, 0.3) is 0 Å². The SMILES string of the molecule is C=C[C@@H]1C[C@]1(NC(=O)[C@@H]1C[C@@H]2CN1C(=O)[C@H](C1CCCCC1)NC(C)CCCC/C=C/c1cccc3c1CN(C3)C(=O)O2)C(=O)O. The molecule has 1 aromatic carbocycles. The van der Waals surface area contributed by atoms with Gasteiger partial charge in [-0.25, -0.2) is 9.59 Å². The van der Waals surface area contributed by atoms with Gasteiger partial charge in [0.2, 0.25) is 11.8 Å². The van der Waals surface area contributed by atoms with Gasteiger partial charge in [-0.2, -0.15) is 0 Å². The molecule has 46 heavy (non-hydrogen) atoms. The fourth-order valence-corrected chi connectivity index (χ4v) is 8.01. The summed E-state index contributed by atoms with van der Waals surface area (Å²) in [6, 6.07) is 4.81. The second kappa shape index (κ2) is 13.6. The summed E-state index contributed by atoms with van der Waals surface area (Å²) in [5, 5.41) is 16.4. The summed E-state index contributed by atoms with van der Waals surface area (Å²) in [6.45, 7) is 6.81. The van der Waals surface area contributed by atoms with E-state index >= 15 is 0 Å². The van der Waals surface area contributed by atoms with Gasteiger partial charge in [0.05, 0.1) is 19.1 Å². The number of ether oxygens (including phenoxy) is 1. The summed E-state index contributed by atoms with van der Waals surface area (Å²) in [4.78, 5) is 57.4. The minimum absolute atomic E-state index is 0.0850. The molecule has 1 saturated heterocycles. The molecule has 3 N–H and O–H groups in total. The zero-order valence-electron chi connectivity index (χ0n) is 26.9. The third-order valence-electron chi connectivity index (χ3n) is 10.8. The zero-order chi connectivity index (χ0) is 32.4. The highest BCUT2D eigenvalue weighted by atomic mass is 16.6. The number of hydrogen-bond acceptors (Lipinski definition) is 6. The standard InChI is InChI=1S/C36H48N4O6/c1-3-27-19-36(27,34(43)44)38-32(41)30-18-28-21-40(30)33(42)31(25-14-9-6-10-15-25)37-23(2)12-7-4-5-8-13-24-16-11-17-26-20-39(22-29(24)26)35(45)46-28/h3,8,11,13,16-17,23,25,27-28,30-31,37H,1,4-7,9-10,12,14-15,18-22H2,2H3,(H,38,41)(H,43,44)/b13-8+/t23?,27-,28-,30+,31+,36-/m1/s1. The van der Waals surface area contributed by atoms with E-state index in [0.29, 0.717) is 13.1 Å². The first kappa shape index (κ1) is 32.3. The molecule has 2 aliphatic carbocycles. The molecule has 5 aliphatic rings. The molecule has 1 aromatic rings. The highest BCUT2D eigenvalue weighted by Gasteiger charge is 2.61. The average Bonchev–Trinajstić information content (AvgIpc) is 3.36. The van der Waals surface area contributed by atoms with Crippen molar-refractivity contribution in [2.24, 2.45) is 11.8 Å². The molecule has 3 heterocycles. The fourth-order valence-electron chi connectivity index (χ4n) is 8.01. The summed E-state index contributed by atoms with van der Waals surface area (Å²) in [5.74, 6) is -2.05. The Hall–Kier alpha value is -3.66. The van der Waals surface area contributed by atoms with Gasteiger partial charge in [-0.1, -0.05) is 62.1 Å². The number of benzene rings is 1. The van der Waals surface area contributed by atoms with Crippen molar-refractivity contribution in [3.05, 3.63) is 53.6 Å². The largest absolute Gasteiger partial charge is 0.479 e. The van der Waals surface area contributed by atoms with Gasteiger partial charge in [-0.3, -0.25) is 14.5 Å². The van der Waals surface area contributed by atoms with Gasteiger partial charge < -0.3 is 25.4 Å². The molecule has 0 spiro atoms. The summed E-state index contributed by atoms with van der Waals surface area (Å²) in [5.41, 5.74) is 1.89. The molecule has 2 saturated carbocycles. The summed E-state index contributed by atoms with van der Waals surface area (Å²) < 4.78 is 6.02. The van der Waals surface area contributed by atoms with Crippen LogP contribution >= 0.6 is 0 Å². The number of aliphatic carboxylic acids is 1. The minimum Gasteiger partial charge on any atom is -0.479 e. The Kier molecular flexibility index (Phi) is 9.54. The molecule has 6 atom stereocenters. The molecule has 248 valence electrons. The molecule has 1 unspecified atom stereocenters. The number of hydrogen-bond donors (Lipinski definition) is 3. The van der Waals surface area contributed by atoms with Crippen molar-refractivity contribution < 1.29 is 29.0 Å². The topological polar surface area (TPSA) is 128 Å². The van der Waals surface area contributed by atoms with Gasteiger partial charge in [-0.05, 0) is 68.1 Å². The number of rotatable bonds is 5. The molecular weight excluding hydrogens is 584 g/mol. The Morgan fingerprint density at radius 3 is 2.63 bits per heavy atom. The van der Waals surface area contributed by atoms with E-state index in [2.05, 4.69) is 42.4 Å². The Labute approximate surface area is 271 Å². The molecule has 4 bridgehead atoms. The van der Waals surface area contributed by atoms with E-state index < -0.39 is 41.7 Å². The van der Waals surface area contributed by atoms with Crippen LogP contribution in [0.3, 0.4) is 0 Å². The van der Waals surface area contributed by atoms with E-state index in [0.717, 1.165) is 74.5 Å². The number of carboxylic acid groups (broad SMARTS) is 1. The van der Waals surface area contributed by atoms with Crippen LogP contribution in [0.25, 0.3) is 6.08 Å². The monoisotopic (exact) mass is 632 g/mol. The highest BCUT2D eigenvalue weighted by molar-refractivity contribution is 5.95. The Morgan fingerprint density at radius 2 is 1.89 bits per heavy atom. The van der Waals surface area contributed by atoms with Crippen molar-refractivity contribution in [3.8, 4) is 0 Å². The van der Waals surface area contributed by atoms with E-state index in [-0.39, 0.29) is 43.2 Å². The van der Waals surface area contributed by atoms with Gasteiger partial charge in [0, 0.05) is 24.9 Å². The van der Waals surface area contributed by atoms with E-state index in [9.17, 15) is 24.3 Å². The first-order valence-electron chi connectivity index (χ1n) is 17.2. The van der Waals surface area contributed by atoms with Gasteiger partial charge in [-0.15, -0.1) is 6.58 Å². The van der Waals surface area contributed by atoms with Crippen LogP contribution in [0.5, 0.6) is 0 Å². The van der Waals surface area contributed by atoms with Gasteiger partial charge >= 0.3 is 12.1 Å². The number of carboxylic acids is 1. The quantitative estimate of drug-likeness (QED) is 0.399. The molecule has 0 aromatic heterocycles. The van der Waals surface area contributed by atoms with Crippen molar-refractivity contribution in [1.29, 1.82) is 0 Å². The second-order valence-electron chi connectivity index (χ2n) is 14.0. The maximum atomic E-state index is 14.5. The molecular formula is C36H48N4O6. The van der Waals surface area contributed by atoms with E-state index in [1.165, 1.54) is 0 Å². The van der Waals surface area contributed by atoms with Crippen LogP contribution in [0.1, 0.15) is 94.2 Å². The lowest BCUT2D eigenvalue weighted by molar-refractivity contribution is -0.146. The average molecular weight is 633 g/mol. The van der Waals surface area contributed by atoms with Crippen molar-refractivity contribution in [2.75, 3.05) is 6.54 Å². The molecule has 6 rings (SSSR count). The van der Waals surface area contributed by atoms with Crippen LogP contribution in [0.15, 0.2) is 36.9 Å². The van der Waals surface area contributed by atoms with Crippen LogP contribution in [0.4, 0.5) is 4.79 Å². The Balaban J connectivity index is 1.28. The van der Waals surface area contributed by atoms with E-state index in [4.69, 9.17) is 4.74 Å². The van der Waals surface area contributed by atoms with Crippen molar-refractivity contribution in [1.82, 2.24) is 20.4 Å². The highest BCUT2D eigenvalue weighted by Crippen LogP contribution is 2.45. The second-order valence-corrected chi connectivity index (χ2v) is 14.0. The lowest BCUT2D eigenvalue weighted by atomic mass is 9.82. The molecule has 10 nitrogen and oxygen atoms in total. The smallest absolute Gasteiger partial charge is 0.410 e. The lowest BCUT2D eigenvalue weighted by Crippen LogP contribution is -2.58. The van der Waals surface area contributed by atoms with Crippen molar-refractivity contribution in [2.45, 2.75) is 120 Å². The number of carbonyl (C=O) groups excluding carboxylic acids is 3. The summed E-state index contributed by atoms with van der Waals surface area (Å²) in [7, 11) is 0. The summed E-state index contributed by atoms with van der Waals surface area (Å²) >= 11 is 0. The zero-order valence-corrected chi connectivity index (χ0v) is 26.9. The Morgan fingerprint density at radius 1 is 1.11 bits per heavy atom. The van der Waals surface area contributed by atoms with Crippen molar-refractivity contribution >= 4 is 30.0 Å². The predicted octanol–water partition coefficient (Wildman–Crippen LogP) is 4.77. The maximum absolute atomic E-state index is 14.5. The number of carbonyl (C=O) groups is 4. The minimum atomic E-state index is -1.42. The Bertz CT molecular complexity index is 1390. The fraction of sp³-hybridized carbons (Fsp3) is 0.611. The first-order valence-corrected chi connectivity index (χ1v) is 17.2. The summed E-state index contributed by atoms with van der Waals surface area (Å²) in [6.07, 6.45) is 14.2. The number of allylic oxidation sites excluding steroid dienone is 1. The normalized spacial score (nSPS) is 32.9. The number of amides is 3. The van der Waals surface area contributed by atoms with E-state index in [1.807, 2.05) is 12.1 Å². The number of nitrogens with one attached hydrogen (secondary N) is 2. The molecule has 3 amide bonds. The van der Waals surface area contributed by atoms with Gasteiger partial charge in [0.15, 0.2) is 0 Å². The molecule has 3 fully saturated rings. The third kappa shape index (κ3) is 6.59. The molecule has 3 aliphatic heterocycles. The van der Waals surface area contributed by atoms with Crippen LogP contribution in [0, 0.1) is 11.8 Å². The van der Waals surface area contributed by atoms with E-state index in [1.54, 1.807) is 15.9 Å². The molecule has 10 heteroatoms. The first-order chi connectivity index (χ1) is 22.2. The number of nitrogens with zero attached hydrogens (tertiary/aromatic N) is 2. The van der Waals surface area contributed by atoms with Crippen LogP contribution in [0.2, 0.25) is 0 Å². The lowest BCUT2D eigenvalue weighted by Gasteiger charge is -2.36. The molecule has 0 radical (unpaired) electrons. The van der Waals surface area contributed by atoms with Crippen LogP contribution in [-0.4, -0.2) is 75.1 Å². The van der Waals surface area contributed by atoms with Gasteiger partial charge in [0.1, 0.15) is 17.7 Å². The number of fused-ring (bicyclic) bond motifs is 3. The van der Waals surface area contributed by atoms with Crippen LogP contribution in [-0.2, 0) is 32.2 Å². The van der Waals surface area contributed by atoms with Crippen molar-refractivity contribution in [3.63, 3.8) is 0 Å². The maximum Gasteiger partial charge on any atom is 0.410 e. The predicted molar refractivity (Wildman–Crippen MR) is 173 cm³/mol.